The Morgan fingerprint density at radius 3 is 2.11 bits per heavy atom. The van der Waals surface area contributed by atoms with Gasteiger partial charge in [0, 0.05) is 35.9 Å². The van der Waals surface area contributed by atoms with E-state index < -0.39 is 6.03 Å². The molecule has 27 heavy (non-hydrogen) atoms. The summed E-state index contributed by atoms with van der Waals surface area (Å²) in [5, 5.41) is 5.49. The van der Waals surface area contributed by atoms with Gasteiger partial charge in [-0.05, 0) is 49.2 Å². The molecule has 2 aromatic rings. The summed E-state index contributed by atoms with van der Waals surface area (Å²) in [6, 6.07) is 15.1. The molecule has 7 heteroatoms. The molecule has 0 spiro atoms. The number of primary amides is 1. The molecule has 1 aliphatic heterocycles. The van der Waals surface area contributed by atoms with Crippen LogP contribution < -0.4 is 16.4 Å². The van der Waals surface area contributed by atoms with Crippen molar-refractivity contribution >= 4 is 23.5 Å². The number of amides is 4. The second-order valence-corrected chi connectivity index (χ2v) is 6.47. The maximum Gasteiger partial charge on any atom is 0.316 e. The Morgan fingerprint density at radius 1 is 0.889 bits per heavy atom. The van der Waals surface area contributed by atoms with Gasteiger partial charge in [-0.3, -0.25) is 9.59 Å². The number of anilines is 1. The van der Waals surface area contributed by atoms with E-state index >= 15 is 0 Å². The van der Waals surface area contributed by atoms with Crippen LogP contribution in [0.4, 0.5) is 10.5 Å². The zero-order chi connectivity index (χ0) is 19.2. The average molecular weight is 366 g/mol. The average Bonchev–Trinajstić information content (AvgIpc) is 2.69. The number of hydrogen-bond donors (Lipinski definition) is 3. The van der Waals surface area contributed by atoms with Crippen LogP contribution in [0.15, 0.2) is 54.6 Å². The van der Waals surface area contributed by atoms with E-state index in [0.29, 0.717) is 42.7 Å². The van der Waals surface area contributed by atoms with Crippen LogP contribution in [0.1, 0.15) is 33.6 Å². The third-order valence-electron chi connectivity index (χ3n) is 4.55. The van der Waals surface area contributed by atoms with Gasteiger partial charge in [0.1, 0.15) is 0 Å². The maximum atomic E-state index is 12.6. The molecule has 0 unspecified atom stereocenters. The van der Waals surface area contributed by atoms with Gasteiger partial charge >= 0.3 is 6.03 Å². The molecule has 1 fully saturated rings. The first-order valence-electron chi connectivity index (χ1n) is 8.84. The van der Waals surface area contributed by atoms with Gasteiger partial charge in [-0.15, -0.1) is 0 Å². The van der Waals surface area contributed by atoms with Crippen LogP contribution in [-0.4, -0.2) is 41.9 Å². The van der Waals surface area contributed by atoms with Crippen LogP contribution in [-0.2, 0) is 0 Å². The molecule has 0 bridgehead atoms. The van der Waals surface area contributed by atoms with Crippen LogP contribution >= 0.6 is 0 Å². The fourth-order valence-electron chi connectivity index (χ4n) is 3.11. The molecule has 3 rings (SSSR count). The predicted octanol–water partition coefficient (Wildman–Crippen LogP) is 2.21. The predicted molar refractivity (Wildman–Crippen MR) is 102 cm³/mol. The molecule has 0 atom stereocenters. The SMILES string of the molecule is NC(=O)Nc1ccc(C(=O)N2CCC(NC(=O)c3ccccc3)CC2)cc1. The van der Waals surface area contributed by atoms with E-state index in [4.69, 9.17) is 5.73 Å². The summed E-state index contributed by atoms with van der Waals surface area (Å²) >= 11 is 0. The van der Waals surface area contributed by atoms with E-state index in [0.717, 1.165) is 0 Å². The summed E-state index contributed by atoms with van der Waals surface area (Å²) < 4.78 is 0. The first-order valence-corrected chi connectivity index (χ1v) is 8.84. The molecule has 2 aromatic carbocycles. The largest absolute Gasteiger partial charge is 0.351 e. The summed E-state index contributed by atoms with van der Waals surface area (Å²) in [6.45, 7) is 1.17. The fourth-order valence-corrected chi connectivity index (χ4v) is 3.11. The third kappa shape index (κ3) is 4.84. The van der Waals surface area contributed by atoms with E-state index in [-0.39, 0.29) is 17.9 Å². The van der Waals surface area contributed by atoms with Gasteiger partial charge in [-0.1, -0.05) is 18.2 Å². The van der Waals surface area contributed by atoms with Gasteiger partial charge in [0.2, 0.25) is 0 Å². The van der Waals surface area contributed by atoms with Gasteiger partial charge in [-0.25, -0.2) is 4.79 Å². The summed E-state index contributed by atoms with van der Waals surface area (Å²) in [5.41, 5.74) is 6.80. The minimum atomic E-state index is -0.645. The molecule has 0 aliphatic carbocycles. The molecule has 4 amide bonds. The number of carbonyl (C=O) groups is 3. The molecular formula is C20H22N4O3. The monoisotopic (exact) mass is 366 g/mol. The summed E-state index contributed by atoms with van der Waals surface area (Å²) in [7, 11) is 0. The minimum Gasteiger partial charge on any atom is -0.351 e. The second-order valence-electron chi connectivity index (χ2n) is 6.47. The number of carbonyl (C=O) groups excluding carboxylic acids is 3. The highest BCUT2D eigenvalue weighted by atomic mass is 16.2. The maximum absolute atomic E-state index is 12.6. The molecule has 0 aromatic heterocycles. The zero-order valence-corrected chi connectivity index (χ0v) is 14.9. The number of rotatable bonds is 4. The van der Waals surface area contributed by atoms with Gasteiger partial charge in [0.25, 0.3) is 11.8 Å². The Labute approximate surface area is 157 Å². The number of nitrogens with zero attached hydrogens (tertiary/aromatic N) is 1. The van der Waals surface area contributed by atoms with Crippen molar-refractivity contribution in [2.45, 2.75) is 18.9 Å². The van der Waals surface area contributed by atoms with Gasteiger partial charge < -0.3 is 21.3 Å². The molecule has 7 nitrogen and oxygen atoms in total. The van der Waals surface area contributed by atoms with Crippen LogP contribution in [0, 0.1) is 0 Å². The van der Waals surface area contributed by atoms with E-state index in [1.54, 1.807) is 41.3 Å². The number of benzene rings is 2. The zero-order valence-electron chi connectivity index (χ0n) is 14.9. The van der Waals surface area contributed by atoms with Crippen molar-refractivity contribution in [1.29, 1.82) is 0 Å². The normalized spacial score (nSPS) is 14.4. The number of likely N-dealkylation sites (tertiary alicyclic amines) is 1. The van der Waals surface area contributed by atoms with Crippen molar-refractivity contribution in [3.8, 4) is 0 Å². The van der Waals surface area contributed by atoms with E-state index in [2.05, 4.69) is 10.6 Å². The van der Waals surface area contributed by atoms with Gasteiger partial charge in [0.15, 0.2) is 0 Å². The van der Waals surface area contributed by atoms with Crippen molar-refractivity contribution in [1.82, 2.24) is 10.2 Å². The lowest BCUT2D eigenvalue weighted by Crippen LogP contribution is -2.46. The first kappa shape index (κ1) is 18.4. The van der Waals surface area contributed by atoms with Crippen molar-refractivity contribution in [2.24, 2.45) is 5.73 Å². The second kappa shape index (κ2) is 8.35. The lowest BCUT2D eigenvalue weighted by Gasteiger charge is -2.32. The molecule has 4 N–H and O–H groups in total. The molecule has 0 radical (unpaired) electrons. The number of nitrogens with two attached hydrogens (primary N) is 1. The number of piperidine rings is 1. The lowest BCUT2D eigenvalue weighted by atomic mass is 10.0. The number of urea groups is 1. The Morgan fingerprint density at radius 2 is 1.52 bits per heavy atom. The lowest BCUT2D eigenvalue weighted by molar-refractivity contribution is 0.0698. The number of hydrogen-bond acceptors (Lipinski definition) is 3. The molecular weight excluding hydrogens is 344 g/mol. The molecule has 1 saturated heterocycles. The minimum absolute atomic E-state index is 0.0592. The van der Waals surface area contributed by atoms with Crippen LogP contribution in [0.5, 0.6) is 0 Å². The van der Waals surface area contributed by atoms with Crippen molar-refractivity contribution in [3.05, 3.63) is 65.7 Å². The highest BCUT2D eigenvalue weighted by Crippen LogP contribution is 2.16. The van der Waals surface area contributed by atoms with Crippen LogP contribution in [0.2, 0.25) is 0 Å². The van der Waals surface area contributed by atoms with E-state index in [9.17, 15) is 14.4 Å². The summed E-state index contributed by atoms with van der Waals surface area (Å²) in [6.07, 6.45) is 1.43. The highest BCUT2D eigenvalue weighted by molar-refractivity contribution is 5.96. The molecule has 0 saturated carbocycles. The smallest absolute Gasteiger partial charge is 0.316 e. The first-order chi connectivity index (χ1) is 13.0. The molecule has 140 valence electrons. The number of nitrogens with one attached hydrogen (secondary N) is 2. The van der Waals surface area contributed by atoms with Crippen LogP contribution in [0.25, 0.3) is 0 Å². The highest BCUT2D eigenvalue weighted by Gasteiger charge is 2.24. The Balaban J connectivity index is 1.52. The molecule has 1 heterocycles. The van der Waals surface area contributed by atoms with E-state index in [1.165, 1.54) is 0 Å². The fraction of sp³-hybridized carbons (Fsp3) is 0.250. The summed E-state index contributed by atoms with van der Waals surface area (Å²) in [5.74, 6) is -0.147. The van der Waals surface area contributed by atoms with Gasteiger partial charge in [-0.2, -0.15) is 0 Å². The van der Waals surface area contributed by atoms with Gasteiger partial charge in [0.05, 0.1) is 0 Å². The Kier molecular flexibility index (Phi) is 5.71. The van der Waals surface area contributed by atoms with Crippen molar-refractivity contribution < 1.29 is 14.4 Å². The van der Waals surface area contributed by atoms with Crippen molar-refractivity contribution in [2.75, 3.05) is 18.4 Å². The third-order valence-corrected chi connectivity index (χ3v) is 4.55. The molecule has 1 aliphatic rings. The van der Waals surface area contributed by atoms with E-state index in [1.807, 2.05) is 18.2 Å². The topological polar surface area (TPSA) is 105 Å². The van der Waals surface area contributed by atoms with Crippen LogP contribution in [0.3, 0.4) is 0 Å². The quantitative estimate of drug-likeness (QED) is 0.772. The Hall–Kier alpha value is -3.35. The van der Waals surface area contributed by atoms with Crippen molar-refractivity contribution in [3.63, 3.8) is 0 Å². The Bertz CT molecular complexity index is 813. The standard InChI is InChI=1S/C20H22N4O3/c21-20(27)23-16-8-6-15(7-9-16)19(26)24-12-10-17(11-13-24)22-18(25)14-4-2-1-3-5-14/h1-9,17H,10-13H2,(H,22,25)(H3,21,23,27). The summed E-state index contributed by atoms with van der Waals surface area (Å²) in [4.78, 5) is 37.5.